The molecule has 5 fully saturated rings. The Labute approximate surface area is 153 Å². The van der Waals surface area contributed by atoms with Crippen LogP contribution in [0.25, 0.3) is 0 Å². The number of halogens is 1. The average molecular weight is 364 g/mol. The van der Waals surface area contributed by atoms with Crippen LogP contribution >= 0.6 is 11.6 Å². The van der Waals surface area contributed by atoms with Crippen LogP contribution in [0, 0.1) is 17.8 Å². The highest BCUT2D eigenvalue weighted by atomic mass is 35.5. The lowest BCUT2D eigenvalue weighted by atomic mass is 9.52. The van der Waals surface area contributed by atoms with Gasteiger partial charge in [-0.05, 0) is 62.7 Å². The molecule has 1 aromatic rings. The minimum absolute atomic E-state index is 0.0984. The molecule has 0 aliphatic heterocycles. The van der Waals surface area contributed by atoms with Gasteiger partial charge in [0, 0.05) is 6.04 Å². The average Bonchev–Trinajstić information content (AvgIpc) is 3.18. The fourth-order valence-electron chi connectivity index (χ4n) is 6.35. The van der Waals surface area contributed by atoms with E-state index in [0.29, 0.717) is 34.5 Å². The van der Waals surface area contributed by atoms with E-state index in [4.69, 9.17) is 11.6 Å². The molecule has 0 saturated heterocycles. The van der Waals surface area contributed by atoms with E-state index in [1.165, 1.54) is 12.8 Å². The van der Waals surface area contributed by atoms with E-state index in [1.54, 1.807) is 6.20 Å². The normalized spacial score (nSPS) is 39.9. The van der Waals surface area contributed by atoms with Gasteiger partial charge in [-0.3, -0.25) is 9.48 Å². The molecule has 0 aromatic carbocycles. The maximum Gasteiger partial charge on any atom is 0.256 e. The predicted octanol–water partition coefficient (Wildman–Crippen LogP) is 3.32. The van der Waals surface area contributed by atoms with Gasteiger partial charge in [-0.2, -0.15) is 5.10 Å². The zero-order chi connectivity index (χ0) is 17.2. The third-order valence-corrected chi connectivity index (χ3v) is 7.57. The van der Waals surface area contributed by atoms with Crippen LogP contribution < -0.4 is 5.32 Å². The maximum absolute atomic E-state index is 12.9. The summed E-state index contributed by atoms with van der Waals surface area (Å²) in [5.74, 6) is 1.36. The summed E-state index contributed by atoms with van der Waals surface area (Å²) < 4.78 is 1.84. The number of aromatic nitrogens is 2. The largest absolute Gasteiger partial charge is 0.390 e. The number of aliphatic hydroxyl groups is 1. The van der Waals surface area contributed by atoms with Crippen molar-refractivity contribution in [2.75, 3.05) is 0 Å². The SMILES string of the molecule is O=C(N[C@H]1C2CC3CC1C[C@](O)(C3)C2)c1cnn(C2CCCC2)c1Cl. The van der Waals surface area contributed by atoms with E-state index >= 15 is 0 Å². The third kappa shape index (κ3) is 2.62. The molecule has 25 heavy (non-hydrogen) atoms. The van der Waals surface area contributed by atoms with Crippen molar-refractivity contribution in [3.8, 4) is 0 Å². The van der Waals surface area contributed by atoms with Crippen LogP contribution in [0.15, 0.2) is 6.20 Å². The van der Waals surface area contributed by atoms with Crippen molar-refractivity contribution < 1.29 is 9.90 Å². The van der Waals surface area contributed by atoms with Crippen LogP contribution in [-0.4, -0.2) is 32.4 Å². The molecule has 1 aromatic heterocycles. The van der Waals surface area contributed by atoms with E-state index in [1.807, 2.05) is 4.68 Å². The first kappa shape index (κ1) is 16.1. The molecular formula is C19H26ClN3O2. The molecule has 1 amide bonds. The number of nitrogens with zero attached hydrogens (tertiary/aromatic N) is 2. The minimum atomic E-state index is -0.470. The van der Waals surface area contributed by atoms with Gasteiger partial charge in [-0.15, -0.1) is 0 Å². The second kappa shape index (κ2) is 5.71. The second-order valence-electron chi connectivity index (χ2n) is 8.93. The molecule has 5 aliphatic rings. The molecule has 5 nitrogen and oxygen atoms in total. The lowest BCUT2D eigenvalue weighted by Crippen LogP contribution is -2.61. The highest BCUT2D eigenvalue weighted by molar-refractivity contribution is 6.32. The topological polar surface area (TPSA) is 67.2 Å². The zero-order valence-corrected chi connectivity index (χ0v) is 15.2. The first-order valence-corrected chi connectivity index (χ1v) is 10.2. The Hall–Kier alpha value is -1.07. The predicted molar refractivity (Wildman–Crippen MR) is 94.5 cm³/mol. The van der Waals surface area contributed by atoms with Gasteiger partial charge in [0.2, 0.25) is 0 Å². The highest BCUT2D eigenvalue weighted by Crippen LogP contribution is 2.55. The standard InChI is InChI=1S/C19H26ClN3O2/c20-17-15(10-21-23(17)14-3-1-2-4-14)18(24)22-16-12-5-11-6-13(16)9-19(25,7-11)8-12/h10-14,16,25H,1-9H2,(H,22,24)/t11?,12?,13?,16-,19-. The Kier molecular flexibility index (Phi) is 3.69. The first-order chi connectivity index (χ1) is 12.0. The van der Waals surface area contributed by atoms with Crippen molar-refractivity contribution in [2.45, 2.75) is 75.5 Å². The number of carbonyl (C=O) groups is 1. The van der Waals surface area contributed by atoms with E-state index in [-0.39, 0.29) is 11.9 Å². The molecule has 6 heteroatoms. The van der Waals surface area contributed by atoms with Gasteiger partial charge in [0.25, 0.3) is 5.91 Å². The second-order valence-corrected chi connectivity index (χ2v) is 9.28. The molecule has 2 unspecified atom stereocenters. The fourth-order valence-corrected chi connectivity index (χ4v) is 6.67. The van der Waals surface area contributed by atoms with Crippen LogP contribution in [0.3, 0.4) is 0 Å². The Balaban J connectivity index is 1.33. The molecule has 1 heterocycles. The molecular weight excluding hydrogens is 338 g/mol. The van der Waals surface area contributed by atoms with E-state index in [2.05, 4.69) is 10.4 Å². The molecule has 4 bridgehead atoms. The Morgan fingerprint density at radius 2 is 1.92 bits per heavy atom. The molecule has 6 rings (SSSR count). The number of rotatable bonds is 3. The molecule has 0 radical (unpaired) electrons. The summed E-state index contributed by atoms with van der Waals surface area (Å²) in [7, 11) is 0. The van der Waals surface area contributed by atoms with E-state index in [9.17, 15) is 9.90 Å². The van der Waals surface area contributed by atoms with Gasteiger partial charge in [0.1, 0.15) is 5.15 Å². The zero-order valence-electron chi connectivity index (χ0n) is 14.5. The monoisotopic (exact) mass is 363 g/mol. The summed E-state index contributed by atoms with van der Waals surface area (Å²) in [5, 5.41) is 18.8. The summed E-state index contributed by atoms with van der Waals surface area (Å²) in [6.45, 7) is 0. The molecule has 5 saturated carbocycles. The quantitative estimate of drug-likeness (QED) is 0.865. The van der Waals surface area contributed by atoms with Gasteiger partial charge in [-0.25, -0.2) is 0 Å². The molecule has 2 N–H and O–H groups in total. The van der Waals surface area contributed by atoms with Crippen LogP contribution in [0.5, 0.6) is 0 Å². The number of carbonyl (C=O) groups excluding carboxylic acids is 1. The van der Waals surface area contributed by atoms with Crippen molar-refractivity contribution in [3.05, 3.63) is 16.9 Å². The Morgan fingerprint density at radius 1 is 1.24 bits per heavy atom. The number of amides is 1. The lowest BCUT2D eigenvalue weighted by molar-refractivity contribution is -0.136. The van der Waals surface area contributed by atoms with Crippen molar-refractivity contribution in [3.63, 3.8) is 0 Å². The van der Waals surface area contributed by atoms with Crippen LogP contribution in [0.1, 0.15) is 74.2 Å². The lowest BCUT2D eigenvalue weighted by Gasteiger charge is -2.58. The Bertz CT molecular complexity index is 681. The van der Waals surface area contributed by atoms with Crippen molar-refractivity contribution in [2.24, 2.45) is 17.8 Å². The number of nitrogens with one attached hydrogen (secondary N) is 1. The summed E-state index contributed by atoms with van der Waals surface area (Å²) in [4.78, 5) is 12.9. The van der Waals surface area contributed by atoms with Crippen molar-refractivity contribution in [1.29, 1.82) is 0 Å². The first-order valence-electron chi connectivity index (χ1n) is 9.79. The van der Waals surface area contributed by atoms with Crippen LogP contribution in [0.4, 0.5) is 0 Å². The van der Waals surface area contributed by atoms with Crippen LogP contribution in [-0.2, 0) is 0 Å². The summed E-state index contributed by atoms with van der Waals surface area (Å²) in [6, 6.07) is 0.514. The minimum Gasteiger partial charge on any atom is -0.390 e. The highest BCUT2D eigenvalue weighted by Gasteiger charge is 2.55. The smallest absolute Gasteiger partial charge is 0.256 e. The number of hydrogen-bond donors (Lipinski definition) is 2. The molecule has 5 aliphatic carbocycles. The maximum atomic E-state index is 12.9. The van der Waals surface area contributed by atoms with Gasteiger partial charge in [-0.1, -0.05) is 24.4 Å². The Morgan fingerprint density at radius 3 is 2.56 bits per heavy atom. The number of hydrogen-bond acceptors (Lipinski definition) is 3. The molecule has 2 atom stereocenters. The van der Waals surface area contributed by atoms with E-state index in [0.717, 1.165) is 44.9 Å². The summed E-state index contributed by atoms with van der Waals surface area (Å²) in [5.41, 5.74) is 0.0315. The van der Waals surface area contributed by atoms with E-state index < -0.39 is 5.60 Å². The molecule has 0 spiro atoms. The van der Waals surface area contributed by atoms with Crippen molar-refractivity contribution in [1.82, 2.24) is 15.1 Å². The third-order valence-electron chi connectivity index (χ3n) is 7.19. The molecule has 136 valence electrons. The summed E-state index contributed by atoms with van der Waals surface area (Å²) >= 11 is 6.49. The van der Waals surface area contributed by atoms with Crippen molar-refractivity contribution >= 4 is 17.5 Å². The van der Waals surface area contributed by atoms with Gasteiger partial charge in [0.15, 0.2) is 0 Å². The van der Waals surface area contributed by atoms with Crippen LogP contribution in [0.2, 0.25) is 5.15 Å². The van der Waals surface area contributed by atoms with Gasteiger partial charge < -0.3 is 10.4 Å². The fraction of sp³-hybridized carbons (Fsp3) is 0.789. The van der Waals surface area contributed by atoms with Gasteiger partial charge in [0.05, 0.1) is 23.4 Å². The summed E-state index contributed by atoms with van der Waals surface area (Å²) in [6.07, 6.45) is 11.1. The van der Waals surface area contributed by atoms with Gasteiger partial charge >= 0.3 is 0 Å².